The van der Waals surface area contributed by atoms with Gasteiger partial charge in [-0.25, -0.2) is 0 Å². The Balaban J connectivity index is 1.39. The van der Waals surface area contributed by atoms with Gasteiger partial charge in [0.05, 0.1) is 12.3 Å². The second kappa shape index (κ2) is 13.3. The molecule has 0 spiro atoms. The summed E-state index contributed by atoms with van der Waals surface area (Å²) < 4.78 is 11.3. The van der Waals surface area contributed by atoms with Crippen LogP contribution in [0.1, 0.15) is 42.9 Å². The molecule has 1 saturated heterocycles. The van der Waals surface area contributed by atoms with Crippen LogP contribution in [0, 0.1) is 0 Å². The van der Waals surface area contributed by atoms with Crippen molar-refractivity contribution >= 4 is 11.6 Å². The molecule has 0 radical (unpaired) electrons. The number of benzene rings is 3. The number of nitrogens with zero attached hydrogens (tertiary/aromatic N) is 2. The average molecular weight is 487 g/mol. The molecule has 1 amide bonds. The highest BCUT2D eigenvalue weighted by atomic mass is 16.6. The van der Waals surface area contributed by atoms with Gasteiger partial charge >= 0.3 is 0 Å². The maximum Gasteiger partial charge on any atom is 0.260 e. The lowest BCUT2D eigenvalue weighted by Crippen LogP contribution is -2.38. The molecule has 0 bridgehead atoms. The standard InChI is InChI=1S/C30H34N2O4/c1-2-34-27-15-11-25(12-16-27)22-36-31-29(21-24-9-5-3-6-10-24)26-13-17-28(18-14-26)35-23-30(33)32-19-7-4-8-20-32/h3,5-6,9-18H,2,4,7-8,19-23H2,1H3/b31-29+. The molecular weight excluding hydrogens is 452 g/mol. The molecule has 0 aliphatic carbocycles. The van der Waals surface area contributed by atoms with E-state index >= 15 is 0 Å². The van der Waals surface area contributed by atoms with Gasteiger partial charge in [0.1, 0.15) is 18.1 Å². The zero-order valence-electron chi connectivity index (χ0n) is 20.9. The number of rotatable bonds is 11. The van der Waals surface area contributed by atoms with Crippen molar-refractivity contribution in [3.8, 4) is 11.5 Å². The minimum Gasteiger partial charge on any atom is -0.494 e. The largest absolute Gasteiger partial charge is 0.494 e. The van der Waals surface area contributed by atoms with E-state index in [4.69, 9.17) is 14.3 Å². The van der Waals surface area contributed by atoms with Crippen LogP contribution in [-0.4, -0.2) is 42.8 Å². The van der Waals surface area contributed by atoms with Crippen molar-refractivity contribution in [2.24, 2.45) is 5.16 Å². The van der Waals surface area contributed by atoms with Gasteiger partial charge in [0.15, 0.2) is 6.61 Å². The molecule has 3 aromatic rings. The summed E-state index contributed by atoms with van der Waals surface area (Å²) in [4.78, 5) is 20.0. The lowest BCUT2D eigenvalue weighted by atomic mass is 10.0. The first kappa shape index (κ1) is 25.3. The third-order valence-corrected chi connectivity index (χ3v) is 6.11. The van der Waals surface area contributed by atoms with Gasteiger partial charge in [0, 0.05) is 19.5 Å². The fourth-order valence-corrected chi connectivity index (χ4v) is 4.13. The number of carbonyl (C=O) groups excluding carboxylic acids is 1. The van der Waals surface area contributed by atoms with Gasteiger partial charge in [0.2, 0.25) is 0 Å². The summed E-state index contributed by atoms with van der Waals surface area (Å²) in [6.45, 7) is 4.70. The Morgan fingerprint density at radius 3 is 2.17 bits per heavy atom. The maximum atomic E-state index is 12.4. The minimum atomic E-state index is 0.0489. The monoisotopic (exact) mass is 486 g/mol. The van der Waals surface area contributed by atoms with Gasteiger partial charge in [0.25, 0.3) is 5.91 Å². The average Bonchev–Trinajstić information content (AvgIpc) is 2.94. The van der Waals surface area contributed by atoms with Gasteiger partial charge in [-0.15, -0.1) is 0 Å². The first-order valence-corrected chi connectivity index (χ1v) is 12.7. The third kappa shape index (κ3) is 7.60. The normalized spacial score (nSPS) is 13.8. The van der Waals surface area contributed by atoms with Gasteiger partial charge in [-0.1, -0.05) is 47.6 Å². The molecule has 1 aliphatic heterocycles. The van der Waals surface area contributed by atoms with E-state index < -0.39 is 0 Å². The number of likely N-dealkylation sites (tertiary alicyclic amines) is 1. The molecule has 0 atom stereocenters. The van der Waals surface area contributed by atoms with Crippen molar-refractivity contribution in [2.75, 3.05) is 26.3 Å². The lowest BCUT2D eigenvalue weighted by Gasteiger charge is -2.26. The van der Waals surface area contributed by atoms with Gasteiger partial charge in [-0.3, -0.25) is 4.79 Å². The Morgan fingerprint density at radius 1 is 0.806 bits per heavy atom. The lowest BCUT2D eigenvalue weighted by molar-refractivity contribution is -0.134. The zero-order chi connectivity index (χ0) is 25.0. The van der Waals surface area contributed by atoms with E-state index in [-0.39, 0.29) is 12.5 Å². The van der Waals surface area contributed by atoms with Crippen LogP contribution in [0.15, 0.2) is 84.0 Å². The van der Waals surface area contributed by atoms with Crippen molar-refractivity contribution in [2.45, 2.75) is 39.2 Å². The Bertz CT molecular complexity index is 1110. The molecule has 1 heterocycles. The van der Waals surface area contributed by atoms with E-state index in [2.05, 4.69) is 17.3 Å². The summed E-state index contributed by atoms with van der Waals surface area (Å²) in [6.07, 6.45) is 3.98. The summed E-state index contributed by atoms with van der Waals surface area (Å²) in [7, 11) is 0. The van der Waals surface area contributed by atoms with E-state index in [1.165, 1.54) is 6.42 Å². The van der Waals surface area contributed by atoms with Crippen LogP contribution in [-0.2, 0) is 22.7 Å². The van der Waals surface area contributed by atoms with Crippen LogP contribution in [0.5, 0.6) is 11.5 Å². The fourth-order valence-electron chi connectivity index (χ4n) is 4.13. The van der Waals surface area contributed by atoms with E-state index in [1.54, 1.807) is 0 Å². The topological polar surface area (TPSA) is 60.4 Å². The Kier molecular flexibility index (Phi) is 9.37. The summed E-state index contributed by atoms with van der Waals surface area (Å²) in [5.74, 6) is 1.56. The number of amides is 1. The predicted octanol–water partition coefficient (Wildman–Crippen LogP) is 5.64. The van der Waals surface area contributed by atoms with Crippen molar-refractivity contribution in [3.63, 3.8) is 0 Å². The summed E-state index contributed by atoms with van der Waals surface area (Å²) in [5, 5.41) is 4.49. The minimum absolute atomic E-state index is 0.0489. The number of hydrogen-bond donors (Lipinski definition) is 0. The Labute approximate surface area is 213 Å². The highest BCUT2D eigenvalue weighted by Gasteiger charge is 2.17. The molecule has 0 saturated carbocycles. The second-order valence-electron chi connectivity index (χ2n) is 8.81. The van der Waals surface area contributed by atoms with E-state index in [0.717, 1.165) is 54.1 Å². The molecule has 4 rings (SSSR count). The highest BCUT2D eigenvalue weighted by Crippen LogP contribution is 2.17. The molecular formula is C30H34N2O4. The fraction of sp³-hybridized carbons (Fsp3) is 0.333. The van der Waals surface area contributed by atoms with E-state index in [9.17, 15) is 4.79 Å². The van der Waals surface area contributed by atoms with Crippen LogP contribution in [0.25, 0.3) is 0 Å². The molecule has 1 aliphatic rings. The molecule has 36 heavy (non-hydrogen) atoms. The van der Waals surface area contributed by atoms with E-state index in [0.29, 0.717) is 25.4 Å². The number of piperidine rings is 1. The number of carbonyl (C=O) groups is 1. The molecule has 188 valence electrons. The van der Waals surface area contributed by atoms with Crippen LogP contribution >= 0.6 is 0 Å². The van der Waals surface area contributed by atoms with Gasteiger partial charge in [-0.2, -0.15) is 0 Å². The van der Waals surface area contributed by atoms with Crippen LogP contribution in [0.2, 0.25) is 0 Å². The smallest absolute Gasteiger partial charge is 0.260 e. The summed E-state index contributed by atoms with van der Waals surface area (Å²) >= 11 is 0. The molecule has 1 fully saturated rings. The summed E-state index contributed by atoms with van der Waals surface area (Å²) in [6, 6.07) is 25.7. The Morgan fingerprint density at radius 2 is 1.47 bits per heavy atom. The molecule has 6 nitrogen and oxygen atoms in total. The van der Waals surface area contributed by atoms with Gasteiger partial charge in [-0.05, 0) is 79.3 Å². The zero-order valence-corrected chi connectivity index (χ0v) is 20.9. The number of oxime groups is 1. The van der Waals surface area contributed by atoms with Crippen molar-refractivity contribution < 1.29 is 19.1 Å². The second-order valence-corrected chi connectivity index (χ2v) is 8.81. The third-order valence-electron chi connectivity index (χ3n) is 6.11. The Hall–Kier alpha value is -3.80. The molecule has 0 aromatic heterocycles. The van der Waals surface area contributed by atoms with Gasteiger partial charge < -0.3 is 19.2 Å². The molecule has 3 aromatic carbocycles. The van der Waals surface area contributed by atoms with Crippen molar-refractivity contribution in [1.82, 2.24) is 4.90 Å². The molecule has 0 unspecified atom stereocenters. The van der Waals surface area contributed by atoms with Crippen LogP contribution < -0.4 is 9.47 Å². The number of hydrogen-bond acceptors (Lipinski definition) is 5. The number of ether oxygens (including phenoxy) is 2. The SMILES string of the molecule is CCOc1ccc(CO/N=C(\Cc2ccccc2)c2ccc(OCC(=O)N3CCCCC3)cc2)cc1. The van der Waals surface area contributed by atoms with Crippen LogP contribution in [0.4, 0.5) is 0 Å². The molecule has 6 heteroatoms. The first-order valence-electron chi connectivity index (χ1n) is 12.7. The summed E-state index contributed by atoms with van der Waals surface area (Å²) in [5.41, 5.74) is 3.93. The van der Waals surface area contributed by atoms with E-state index in [1.807, 2.05) is 78.6 Å². The van der Waals surface area contributed by atoms with Crippen molar-refractivity contribution in [1.29, 1.82) is 0 Å². The van der Waals surface area contributed by atoms with Crippen LogP contribution in [0.3, 0.4) is 0 Å². The quantitative estimate of drug-likeness (QED) is 0.260. The highest BCUT2D eigenvalue weighted by molar-refractivity contribution is 6.01. The van der Waals surface area contributed by atoms with Crippen molar-refractivity contribution in [3.05, 3.63) is 95.6 Å². The maximum absolute atomic E-state index is 12.4. The first-order chi connectivity index (χ1) is 17.7. The predicted molar refractivity (Wildman–Crippen MR) is 141 cm³/mol. The molecule has 0 N–H and O–H groups in total.